The molecule has 0 spiro atoms. The van der Waals surface area contributed by atoms with Crippen LogP contribution in [-0.4, -0.2) is 49.7 Å². The van der Waals surface area contributed by atoms with Gasteiger partial charge in [-0.2, -0.15) is 0 Å². The van der Waals surface area contributed by atoms with E-state index in [9.17, 15) is 9.59 Å². The van der Waals surface area contributed by atoms with E-state index < -0.39 is 12.1 Å². The average Bonchev–Trinajstić information content (AvgIpc) is 2.73. The Balaban J connectivity index is 2.52. The molecule has 1 heterocycles. The summed E-state index contributed by atoms with van der Waals surface area (Å²) in [4.78, 5) is 24.4. The highest BCUT2D eigenvalue weighted by atomic mass is 16.5. The van der Waals surface area contributed by atoms with Crippen molar-refractivity contribution < 1.29 is 14.3 Å². The molecule has 1 saturated heterocycles. The summed E-state index contributed by atoms with van der Waals surface area (Å²) in [5, 5.41) is 2.67. The second-order valence-electron chi connectivity index (χ2n) is 3.40. The van der Waals surface area contributed by atoms with Gasteiger partial charge in [0.2, 0.25) is 5.91 Å². The van der Waals surface area contributed by atoms with E-state index in [4.69, 9.17) is 5.73 Å². The van der Waals surface area contributed by atoms with Gasteiger partial charge >= 0.3 is 6.09 Å². The summed E-state index contributed by atoms with van der Waals surface area (Å²) in [6.45, 7) is 1.41. The third-order valence-electron chi connectivity index (χ3n) is 2.41. The number of methoxy groups -OCH3 is 1. The zero-order valence-electron chi connectivity index (χ0n) is 8.86. The van der Waals surface area contributed by atoms with Crippen molar-refractivity contribution >= 4 is 12.0 Å². The molecular formula is C9H17N3O3. The van der Waals surface area contributed by atoms with Crippen molar-refractivity contribution in [2.24, 2.45) is 5.73 Å². The number of likely N-dealkylation sites (tertiary alicyclic amines) is 1. The van der Waals surface area contributed by atoms with E-state index in [0.29, 0.717) is 26.1 Å². The highest BCUT2D eigenvalue weighted by Crippen LogP contribution is 2.17. The summed E-state index contributed by atoms with van der Waals surface area (Å²) >= 11 is 0. The third kappa shape index (κ3) is 2.82. The monoisotopic (exact) mass is 215 g/mol. The van der Waals surface area contributed by atoms with Gasteiger partial charge < -0.3 is 15.8 Å². The van der Waals surface area contributed by atoms with Crippen LogP contribution in [0.2, 0.25) is 0 Å². The van der Waals surface area contributed by atoms with Crippen molar-refractivity contribution in [1.82, 2.24) is 10.2 Å². The average molecular weight is 215 g/mol. The molecule has 86 valence electrons. The number of carbonyl (C=O) groups excluding carboxylic acids is 2. The maximum atomic E-state index is 11.6. The van der Waals surface area contributed by atoms with Gasteiger partial charge in [0.1, 0.15) is 6.04 Å². The second-order valence-corrected chi connectivity index (χ2v) is 3.40. The van der Waals surface area contributed by atoms with Gasteiger partial charge in [0.15, 0.2) is 0 Å². The molecule has 0 aromatic heterocycles. The molecule has 1 fully saturated rings. The van der Waals surface area contributed by atoms with Gasteiger partial charge in [-0.15, -0.1) is 0 Å². The van der Waals surface area contributed by atoms with Crippen LogP contribution in [-0.2, 0) is 9.53 Å². The van der Waals surface area contributed by atoms with Gasteiger partial charge in [-0.25, -0.2) is 4.79 Å². The Morgan fingerprint density at radius 1 is 1.60 bits per heavy atom. The Morgan fingerprint density at radius 2 is 2.33 bits per heavy atom. The molecule has 0 unspecified atom stereocenters. The minimum Gasteiger partial charge on any atom is -0.453 e. The molecule has 0 aliphatic carbocycles. The maximum Gasteiger partial charge on any atom is 0.410 e. The van der Waals surface area contributed by atoms with Crippen molar-refractivity contribution in [3.05, 3.63) is 0 Å². The van der Waals surface area contributed by atoms with Crippen LogP contribution in [0.5, 0.6) is 0 Å². The van der Waals surface area contributed by atoms with E-state index in [1.807, 2.05) is 0 Å². The Bertz CT molecular complexity index is 245. The number of nitrogens with two attached hydrogens (primary N) is 1. The molecule has 1 aliphatic rings. The number of ether oxygens (including phenoxy) is 1. The van der Waals surface area contributed by atoms with E-state index in [2.05, 4.69) is 10.1 Å². The summed E-state index contributed by atoms with van der Waals surface area (Å²) in [5.74, 6) is -0.150. The number of nitrogens with one attached hydrogen (secondary N) is 1. The summed E-state index contributed by atoms with van der Waals surface area (Å²) in [6.07, 6.45) is 1.07. The normalized spacial score (nSPS) is 20.1. The molecule has 0 aromatic carbocycles. The van der Waals surface area contributed by atoms with Gasteiger partial charge in [-0.1, -0.05) is 0 Å². The minimum atomic E-state index is -0.444. The quantitative estimate of drug-likeness (QED) is 0.651. The number of rotatable bonds is 3. The van der Waals surface area contributed by atoms with Crippen LogP contribution >= 0.6 is 0 Å². The Morgan fingerprint density at radius 3 is 2.93 bits per heavy atom. The lowest BCUT2D eigenvalue weighted by atomic mass is 10.2. The zero-order chi connectivity index (χ0) is 11.3. The standard InChI is InChI=1S/C9H17N3O3/c1-15-9(14)12-6-2-3-7(12)8(13)11-5-4-10/h7H,2-6,10H2,1H3,(H,11,13)/t7-/m0/s1. The zero-order valence-corrected chi connectivity index (χ0v) is 8.86. The van der Waals surface area contributed by atoms with Crippen molar-refractivity contribution in [3.8, 4) is 0 Å². The van der Waals surface area contributed by atoms with E-state index in [1.165, 1.54) is 12.0 Å². The minimum absolute atomic E-state index is 0.150. The number of hydrogen-bond donors (Lipinski definition) is 2. The Labute approximate surface area is 88.7 Å². The van der Waals surface area contributed by atoms with Crippen molar-refractivity contribution in [2.45, 2.75) is 18.9 Å². The van der Waals surface area contributed by atoms with Gasteiger partial charge in [0, 0.05) is 19.6 Å². The van der Waals surface area contributed by atoms with Gasteiger partial charge in [-0.3, -0.25) is 9.69 Å². The highest BCUT2D eigenvalue weighted by Gasteiger charge is 2.34. The van der Waals surface area contributed by atoms with Crippen LogP contribution in [0.25, 0.3) is 0 Å². The summed E-state index contributed by atoms with van der Waals surface area (Å²) in [5.41, 5.74) is 5.28. The molecule has 1 rings (SSSR count). The lowest BCUT2D eigenvalue weighted by Gasteiger charge is -2.22. The topological polar surface area (TPSA) is 84.7 Å². The largest absolute Gasteiger partial charge is 0.453 e. The van der Waals surface area contributed by atoms with Crippen molar-refractivity contribution in [2.75, 3.05) is 26.7 Å². The second kappa shape index (κ2) is 5.55. The van der Waals surface area contributed by atoms with Crippen molar-refractivity contribution in [3.63, 3.8) is 0 Å². The lowest BCUT2D eigenvalue weighted by Crippen LogP contribution is -2.46. The smallest absolute Gasteiger partial charge is 0.410 e. The molecule has 0 radical (unpaired) electrons. The predicted molar refractivity (Wildman–Crippen MR) is 54.2 cm³/mol. The van der Waals surface area contributed by atoms with Gasteiger partial charge in [-0.05, 0) is 12.8 Å². The third-order valence-corrected chi connectivity index (χ3v) is 2.41. The first-order valence-electron chi connectivity index (χ1n) is 5.03. The fourth-order valence-corrected chi connectivity index (χ4v) is 1.69. The highest BCUT2D eigenvalue weighted by molar-refractivity contribution is 5.86. The fraction of sp³-hybridized carbons (Fsp3) is 0.778. The molecule has 1 aliphatic heterocycles. The molecule has 2 amide bonds. The fourth-order valence-electron chi connectivity index (χ4n) is 1.69. The predicted octanol–water partition coefficient (Wildman–Crippen LogP) is -0.708. The Kier molecular flexibility index (Phi) is 4.36. The van der Waals surface area contributed by atoms with E-state index in [1.54, 1.807) is 0 Å². The molecule has 3 N–H and O–H groups in total. The molecule has 15 heavy (non-hydrogen) atoms. The summed E-state index contributed by atoms with van der Waals surface area (Å²) < 4.78 is 4.60. The Hall–Kier alpha value is -1.30. The number of nitrogens with zero attached hydrogens (tertiary/aromatic N) is 1. The molecule has 0 aromatic rings. The number of amides is 2. The van der Waals surface area contributed by atoms with Crippen LogP contribution in [0, 0.1) is 0 Å². The van der Waals surface area contributed by atoms with E-state index in [0.717, 1.165) is 6.42 Å². The van der Waals surface area contributed by atoms with Crippen molar-refractivity contribution in [1.29, 1.82) is 0 Å². The van der Waals surface area contributed by atoms with Gasteiger partial charge in [0.25, 0.3) is 0 Å². The van der Waals surface area contributed by atoms with Gasteiger partial charge in [0.05, 0.1) is 7.11 Å². The van der Waals surface area contributed by atoms with E-state index in [-0.39, 0.29) is 5.91 Å². The molecule has 6 nitrogen and oxygen atoms in total. The van der Waals surface area contributed by atoms with Crippen LogP contribution in [0.1, 0.15) is 12.8 Å². The maximum absolute atomic E-state index is 11.6. The molecule has 6 heteroatoms. The van der Waals surface area contributed by atoms with Crippen LogP contribution in [0.3, 0.4) is 0 Å². The summed E-state index contributed by atoms with van der Waals surface area (Å²) in [7, 11) is 1.31. The first-order chi connectivity index (χ1) is 7.20. The SMILES string of the molecule is COC(=O)N1CCC[C@H]1C(=O)NCCN. The first kappa shape index (κ1) is 11.8. The first-order valence-corrected chi connectivity index (χ1v) is 5.03. The summed E-state index contributed by atoms with van der Waals surface area (Å²) in [6, 6.07) is -0.399. The van der Waals surface area contributed by atoms with Crippen LogP contribution < -0.4 is 11.1 Å². The number of hydrogen-bond acceptors (Lipinski definition) is 4. The molecule has 1 atom stereocenters. The molecule has 0 bridgehead atoms. The lowest BCUT2D eigenvalue weighted by molar-refractivity contribution is -0.124. The van der Waals surface area contributed by atoms with Crippen LogP contribution in [0.15, 0.2) is 0 Å². The molecular weight excluding hydrogens is 198 g/mol. The van der Waals surface area contributed by atoms with Crippen LogP contribution in [0.4, 0.5) is 4.79 Å². The number of carbonyl (C=O) groups is 2. The molecule has 0 saturated carbocycles. The van der Waals surface area contributed by atoms with E-state index >= 15 is 0 Å².